The van der Waals surface area contributed by atoms with Gasteiger partial charge in [-0.25, -0.2) is 9.97 Å². The zero-order valence-electron chi connectivity index (χ0n) is 11.9. The van der Waals surface area contributed by atoms with Crippen molar-refractivity contribution >= 4 is 22.8 Å². The maximum Gasteiger partial charge on any atom is 0.160 e. The number of aryl methyl sites for hydroxylation is 1. The van der Waals surface area contributed by atoms with Gasteiger partial charge in [0.15, 0.2) is 5.65 Å². The molecule has 2 unspecified atom stereocenters. The van der Waals surface area contributed by atoms with Crippen LogP contribution >= 0.6 is 11.6 Å². The number of fused-ring (bicyclic) bond motifs is 1. The highest BCUT2D eigenvalue weighted by molar-refractivity contribution is 6.20. The third kappa shape index (κ3) is 2.74. The van der Waals surface area contributed by atoms with Crippen LogP contribution in [0.25, 0.3) is 11.2 Å². The van der Waals surface area contributed by atoms with E-state index in [0.717, 1.165) is 29.1 Å². The maximum atomic E-state index is 6.27. The summed E-state index contributed by atoms with van der Waals surface area (Å²) in [4.78, 5) is 9.23. The molecule has 0 aliphatic heterocycles. The quantitative estimate of drug-likeness (QED) is 0.786. The fraction of sp³-hybridized carbons (Fsp3) is 0.571. The molecule has 2 aromatic rings. The molecule has 2 rings (SSSR count). The van der Waals surface area contributed by atoms with Crippen molar-refractivity contribution in [3.63, 3.8) is 0 Å². The van der Waals surface area contributed by atoms with E-state index < -0.39 is 0 Å². The van der Waals surface area contributed by atoms with Gasteiger partial charge in [0.1, 0.15) is 11.3 Å². The number of ether oxygens (including phenoxy) is 1. The van der Waals surface area contributed by atoms with E-state index in [-0.39, 0.29) is 11.4 Å². The molecule has 0 radical (unpaired) electrons. The Bertz CT molecular complexity index is 565. The van der Waals surface area contributed by atoms with E-state index >= 15 is 0 Å². The van der Waals surface area contributed by atoms with Gasteiger partial charge in [-0.05, 0) is 32.4 Å². The number of halogens is 1. The summed E-state index contributed by atoms with van der Waals surface area (Å²) in [5.41, 5.74) is 2.77. The predicted octanol–water partition coefficient (Wildman–Crippen LogP) is 3.64. The summed E-state index contributed by atoms with van der Waals surface area (Å²) in [7, 11) is 1.71. The van der Waals surface area contributed by atoms with E-state index in [9.17, 15) is 0 Å². The molecule has 19 heavy (non-hydrogen) atoms. The van der Waals surface area contributed by atoms with Crippen LogP contribution in [0.3, 0.4) is 0 Å². The third-order valence-electron chi connectivity index (χ3n) is 3.26. The Balaban J connectivity index is 2.65. The van der Waals surface area contributed by atoms with Gasteiger partial charge in [-0.15, -0.1) is 11.6 Å². The molecule has 0 saturated carbocycles. The van der Waals surface area contributed by atoms with Gasteiger partial charge in [-0.3, -0.25) is 0 Å². The van der Waals surface area contributed by atoms with E-state index in [1.54, 1.807) is 7.11 Å². The second-order valence-corrected chi connectivity index (χ2v) is 5.42. The third-order valence-corrected chi connectivity index (χ3v) is 3.45. The second-order valence-electron chi connectivity index (χ2n) is 4.77. The highest BCUT2D eigenvalue weighted by Gasteiger charge is 2.21. The number of hydrogen-bond acceptors (Lipinski definition) is 3. The van der Waals surface area contributed by atoms with Gasteiger partial charge in [-0.1, -0.05) is 6.92 Å². The Morgan fingerprint density at radius 1 is 1.37 bits per heavy atom. The van der Waals surface area contributed by atoms with Crippen molar-refractivity contribution < 1.29 is 4.74 Å². The van der Waals surface area contributed by atoms with Crippen molar-refractivity contribution in [2.45, 2.75) is 38.6 Å². The van der Waals surface area contributed by atoms with Crippen molar-refractivity contribution in [3.05, 3.63) is 23.7 Å². The number of nitrogens with zero attached hydrogens (tertiary/aromatic N) is 3. The first-order chi connectivity index (χ1) is 9.08. The Hall–Kier alpha value is -1.13. The topological polar surface area (TPSA) is 39.9 Å². The Morgan fingerprint density at radius 3 is 2.68 bits per heavy atom. The standard InChI is InChI=1S/C14H20ClN3O/c1-5-11(8-19-4)18-13(10(3)15)17-12-7-6-9(2)16-14(12)18/h6-7,10-11H,5,8H2,1-4H3. The molecule has 0 fully saturated rings. The summed E-state index contributed by atoms with van der Waals surface area (Å²) < 4.78 is 7.44. The van der Waals surface area contributed by atoms with Crippen LogP contribution in [0.2, 0.25) is 0 Å². The zero-order chi connectivity index (χ0) is 14.0. The van der Waals surface area contributed by atoms with E-state index in [4.69, 9.17) is 16.3 Å². The summed E-state index contributed by atoms with van der Waals surface area (Å²) in [6.45, 7) is 6.69. The lowest BCUT2D eigenvalue weighted by atomic mass is 10.2. The van der Waals surface area contributed by atoms with Crippen molar-refractivity contribution in [2.75, 3.05) is 13.7 Å². The summed E-state index contributed by atoms with van der Waals surface area (Å²) in [6.07, 6.45) is 0.950. The van der Waals surface area contributed by atoms with Crippen LogP contribution in [-0.4, -0.2) is 28.3 Å². The van der Waals surface area contributed by atoms with E-state index in [1.807, 2.05) is 26.0 Å². The average Bonchev–Trinajstić information content (AvgIpc) is 2.74. The summed E-state index contributed by atoms with van der Waals surface area (Å²) in [5.74, 6) is 0.860. The minimum absolute atomic E-state index is 0.152. The molecule has 0 saturated heterocycles. The van der Waals surface area contributed by atoms with Crippen molar-refractivity contribution in [2.24, 2.45) is 0 Å². The van der Waals surface area contributed by atoms with Gasteiger partial charge in [0, 0.05) is 12.8 Å². The highest BCUT2D eigenvalue weighted by Crippen LogP contribution is 2.28. The Kier molecular flexibility index (Phi) is 4.42. The minimum atomic E-state index is -0.152. The second kappa shape index (κ2) is 5.88. The first kappa shape index (κ1) is 14.3. The maximum absolute atomic E-state index is 6.27. The predicted molar refractivity (Wildman–Crippen MR) is 77.7 cm³/mol. The number of aromatic nitrogens is 3. The molecule has 0 amide bonds. The molecular formula is C14H20ClN3O. The Morgan fingerprint density at radius 2 is 2.11 bits per heavy atom. The molecule has 0 aliphatic carbocycles. The van der Waals surface area contributed by atoms with Crippen molar-refractivity contribution in [1.29, 1.82) is 0 Å². The van der Waals surface area contributed by atoms with Crippen LogP contribution in [0.5, 0.6) is 0 Å². The molecule has 0 aliphatic rings. The van der Waals surface area contributed by atoms with E-state index in [0.29, 0.717) is 6.61 Å². The minimum Gasteiger partial charge on any atom is -0.383 e. The molecule has 0 bridgehead atoms. The summed E-state index contributed by atoms with van der Waals surface area (Å²) >= 11 is 6.27. The van der Waals surface area contributed by atoms with Gasteiger partial charge in [0.05, 0.1) is 18.0 Å². The van der Waals surface area contributed by atoms with Gasteiger partial charge in [0.25, 0.3) is 0 Å². The lowest BCUT2D eigenvalue weighted by Gasteiger charge is -2.20. The van der Waals surface area contributed by atoms with Gasteiger partial charge in [0.2, 0.25) is 0 Å². The number of hydrogen-bond donors (Lipinski definition) is 0. The van der Waals surface area contributed by atoms with Crippen LogP contribution in [0.1, 0.15) is 43.2 Å². The number of rotatable bonds is 5. The van der Waals surface area contributed by atoms with Crippen LogP contribution in [0.4, 0.5) is 0 Å². The molecular weight excluding hydrogens is 262 g/mol. The van der Waals surface area contributed by atoms with Gasteiger partial charge < -0.3 is 9.30 Å². The monoisotopic (exact) mass is 281 g/mol. The van der Waals surface area contributed by atoms with Crippen LogP contribution in [0.15, 0.2) is 12.1 Å². The molecule has 0 spiro atoms. The van der Waals surface area contributed by atoms with Crippen LogP contribution in [0, 0.1) is 6.92 Å². The molecule has 4 nitrogen and oxygen atoms in total. The molecule has 0 N–H and O–H groups in total. The zero-order valence-corrected chi connectivity index (χ0v) is 12.6. The SMILES string of the molecule is CCC(COC)n1c(C(C)Cl)nc2ccc(C)nc21. The smallest absolute Gasteiger partial charge is 0.160 e. The normalized spacial score (nSPS) is 14.8. The van der Waals surface area contributed by atoms with E-state index in [2.05, 4.69) is 21.5 Å². The van der Waals surface area contributed by atoms with Crippen LogP contribution < -0.4 is 0 Å². The van der Waals surface area contributed by atoms with E-state index in [1.165, 1.54) is 0 Å². The lowest BCUT2D eigenvalue weighted by Crippen LogP contribution is -2.17. The molecule has 0 aromatic carbocycles. The molecule has 2 heterocycles. The van der Waals surface area contributed by atoms with Crippen molar-refractivity contribution in [1.82, 2.24) is 14.5 Å². The fourth-order valence-electron chi connectivity index (χ4n) is 2.29. The van der Waals surface area contributed by atoms with Gasteiger partial charge >= 0.3 is 0 Å². The molecule has 2 aromatic heterocycles. The fourth-order valence-corrected chi connectivity index (χ4v) is 2.45. The molecule has 104 valence electrons. The first-order valence-electron chi connectivity index (χ1n) is 6.57. The molecule has 5 heteroatoms. The lowest BCUT2D eigenvalue weighted by molar-refractivity contribution is 0.153. The number of imidazole rings is 1. The Labute approximate surface area is 118 Å². The number of alkyl halides is 1. The number of pyridine rings is 1. The molecule has 2 atom stereocenters. The van der Waals surface area contributed by atoms with Gasteiger partial charge in [-0.2, -0.15) is 0 Å². The summed E-state index contributed by atoms with van der Waals surface area (Å²) in [5, 5.41) is -0.152. The van der Waals surface area contributed by atoms with Crippen LogP contribution in [-0.2, 0) is 4.74 Å². The largest absolute Gasteiger partial charge is 0.383 e. The summed E-state index contributed by atoms with van der Waals surface area (Å²) in [6, 6.07) is 4.18. The highest BCUT2D eigenvalue weighted by atomic mass is 35.5. The number of methoxy groups -OCH3 is 1. The average molecular weight is 282 g/mol. The first-order valence-corrected chi connectivity index (χ1v) is 7.00. The van der Waals surface area contributed by atoms with Crippen molar-refractivity contribution in [3.8, 4) is 0 Å².